The monoisotopic (exact) mass is 240 g/mol. The third kappa shape index (κ3) is 2.65. The van der Waals surface area contributed by atoms with Crippen LogP contribution in [0.3, 0.4) is 0 Å². The third-order valence-electron chi connectivity index (χ3n) is 2.63. The number of hydrogen-bond donors (Lipinski definition) is 2. The molecule has 0 radical (unpaired) electrons. The molecule has 1 fully saturated rings. The topological polar surface area (TPSA) is 84.4 Å². The molecule has 2 rings (SSSR count). The van der Waals surface area contributed by atoms with E-state index < -0.39 is 6.10 Å². The molecule has 1 unspecified atom stereocenters. The minimum atomic E-state index is -0.405. The van der Waals surface area contributed by atoms with Gasteiger partial charge >= 0.3 is 0 Å². The molecule has 0 aromatic carbocycles. The standard InChI is InChI=1S/C11H16N2O4/c1-2-3-7-10(14)12-9(13-11(7)15)8-6-16-4-5-17-8/h8H,2-6H2,1H3,(H2,12,13,14,15). The van der Waals surface area contributed by atoms with Crippen LogP contribution in [-0.2, 0) is 15.9 Å². The lowest BCUT2D eigenvalue weighted by Gasteiger charge is -2.22. The Bertz CT molecular complexity index is 438. The van der Waals surface area contributed by atoms with Gasteiger partial charge in [0.05, 0.1) is 25.4 Å². The van der Waals surface area contributed by atoms with Gasteiger partial charge in [-0.05, 0) is 6.42 Å². The van der Waals surface area contributed by atoms with E-state index >= 15 is 0 Å². The van der Waals surface area contributed by atoms with E-state index in [0.29, 0.717) is 37.6 Å². The maximum atomic E-state index is 11.7. The number of ether oxygens (including phenoxy) is 2. The predicted molar refractivity (Wildman–Crippen MR) is 60.0 cm³/mol. The van der Waals surface area contributed by atoms with Crippen molar-refractivity contribution in [1.29, 1.82) is 0 Å². The van der Waals surface area contributed by atoms with Gasteiger partial charge in [0.25, 0.3) is 5.56 Å². The number of H-pyrrole nitrogens is 1. The molecule has 94 valence electrons. The molecule has 1 aromatic rings. The first-order valence-electron chi connectivity index (χ1n) is 5.73. The van der Waals surface area contributed by atoms with Gasteiger partial charge in [-0.25, -0.2) is 0 Å². The van der Waals surface area contributed by atoms with Crippen LogP contribution < -0.4 is 5.56 Å². The van der Waals surface area contributed by atoms with Crippen molar-refractivity contribution in [3.05, 3.63) is 21.7 Å². The van der Waals surface area contributed by atoms with Crippen LogP contribution in [0.15, 0.2) is 4.79 Å². The summed E-state index contributed by atoms with van der Waals surface area (Å²) in [4.78, 5) is 18.4. The first-order chi connectivity index (χ1) is 8.22. The van der Waals surface area contributed by atoms with Gasteiger partial charge in [0.1, 0.15) is 11.9 Å². The van der Waals surface area contributed by atoms with Crippen molar-refractivity contribution in [2.24, 2.45) is 0 Å². The van der Waals surface area contributed by atoms with Crippen molar-refractivity contribution < 1.29 is 14.6 Å². The van der Waals surface area contributed by atoms with Crippen molar-refractivity contribution in [2.45, 2.75) is 25.9 Å². The molecule has 1 saturated heterocycles. The van der Waals surface area contributed by atoms with E-state index in [-0.39, 0.29) is 11.4 Å². The molecule has 2 heterocycles. The van der Waals surface area contributed by atoms with Gasteiger partial charge in [0.15, 0.2) is 0 Å². The number of aromatic hydroxyl groups is 1. The molecule has 6 heteroatoms. The second-order valence-corrected chi connectivity index (χ2v) is 3.94. The summed E-state index contributed by atoms with van der Waals surface area (Å²) in [5, 5.41) is 9.71. The van der Waals surface area contributed by atoms with Gasteiger partial charge in [-0.2, -0.15) is 4.98 Å². The van der Waals surface area contributed by atoms with Gasteiger partial charge in [0, 0.05) is 0 Å². The summed E-state index contributed by atoms with van der Waals surface area (Å²) in [5.41, 5.74) is 0.0245. The Balaban J connectivity index is 2.27. The molecule has 17 heavy (non-hydrogen) atoms. The molecule has 0 spiro atoms. The molecular weight excluding hydrogens is 224 g/mol. The summed E-state index contributed by atoms with van der Waals surface area (Å²) < 4.78 is 10.6. The first-order valence-corrected chi connectivity index (χ1v) is 5.73. The van der Waals surface area contributed by atoms with Crippen LogP contribution in [0.5, 0.6) is 5.88 Å². The zero-order chi connectivity index (χ0) is 12.3. The Kier molecular flexibility index (Phi) is 3.75. The fourth-order valence-corrected chi connectivity index (χ4v) is 1.78. The number of hydrogen-bond acceptors (Lipinski definition) is 5. The quantitative estimate of drug-likeness (QED) is 0.804. The molecule has 2 N–H and O–H groups in total. The summed E-state index contributed by atoms with van der Waals surface area (Å²) in [7, 11) is 0. The minimum absolute atomic E-state index is 0.209. The van der Waals surface area contributed by atoms with Crippen LogP contribution >= 0.6 is 0 Å². The van der Waals surface area contributed by atoms with Crippen molar-refractivity contribution in [2.75, 3.05) is 19.8 Å². The lowest BCUT2D eigenvalue weighted by molar-refractivity contribution is -0.0937. The molecule has 0 aliphatic carbocycles. The summed E-state index contributed by atoms with van der Waals surface area (Å²) in [6.07, 6.45) is 0.884. The van der Waals surface area contributed by atoms with Crippen LogP contribution in [0.1, 0.15) is 30.8 Å². The van der Waals surface area contributed by atoms with Crippen molar-refractivity contribution in [1.82, 2.24) is 9.97 Å². The van der Waals surface area contributed by atoms with Gasteiger partial charge in [-0.3, -0.25) is 4.79 Å². The van der Waals surface area contributed by atoms with E-state index in [9.17, 15) is 9.90 Å². The smallest absolute Gasteiger partial charge is 0.258 e. The maximum Gasteiger partial charge on any atom is 0.258 e. The normalized spacial score (nSPS) is 20.4. The van der Waals surface area contributed by atoms with E-state index in [2.05, 4.69) is 9.97 Å². The zero-order valence-electron chi connectivity index (χ0n) is 9.73. The molecule has 0 amide bonds. The molecule has 1 atom stereocenters. The molecule has 0 saturated carbocycles. The largest absolute Gasteiger partial charge is 0.493 e. The number of rotatable bonds is 3. The van der Waals surface area contributed by atoms with Gasteiger partial charge in [0.2, 0.25) is 5.88 Å². The summed E-state index contributed by atoms with van der Waals surface area (Å²) >= 11 is 0. The number of aromatic amines is 1. The van der Waals surface area contributed by atoms with E-state index in [1.807, 2.05) is 6.92 Å². The minimum Gasteiger partial charge on any atom is -0.493 e. The maximum absolute atomic E-state index is 11.7. The molecule has 6 nitrogen and oxygen atoms in total. The molecular formula is C11H16N2O4. The first kappa shape index (κ1) is 12.1. The highest BCUT2D eigenvalue weighted by Gasteiger charge is 2.21. The highest BCUT2D eigenvalue weighted by atomic mass is 16.6. The van der Waals surface area contributed by atoms with Gasteiger partial charge in [-0.15, -0.1) is 0 Å². The Hall–Kier alpha value is -1.40. The molecule has 1 aliphatic heterocycles. The van der Waals surface area contributed by atoms with Crippen molar-refractivity contribution in [3.63, 3.8) is 0 Å². The molecule has 1 aliphatic rings. The number of nitrogens with one attached hydrogen (secondary N) is 1. The van der Waals surface area contributed by atoms with Crippen molar-refractivity contribution >= 4 is 0 Å². The van der Waals surface area contributed by atoms with E-state index in [0.717, 1.165) is 6.42 Å². The Morgan fingerprint density at radius 3 is 2.94 bits per heavy atom. The highest BCUT2D eigenvalue weighted by Crippen LogP contribution is 2.19. The second kappa shape index (κ2) is 5.29. The van der Waals surface area contributed by atoms with Crippen LogP contribution in [0, 0.1) is 0 Å². The molecule has 1 aromatic heterocycles. The fraction of sp³-hybridized carbons (Fsp3) is 0.636. The van der Waals surface area contributed by atoms with Crippen LogP contribution in [0.2, 0.25) is 0 Å². The van der Waals surface area contributed by atoms with Crippen molar-refractivity contribution in [3.8, 4) is 5.88 Å². The summed E-state index contributed by atoms with van der Waals surface area (Å²) in [5.74, 6) is 0.117. The van der Waals surface area contributed by atoms with Crippen LogP contribution in [0.25, 0.3) is 0 Å². The Morgan fingerprint density at radius 2 is 2.35 bits per heavy atom. The van der Waals surface area contributed by atoms with Gasteiger partial charge < -0.3 is 19.6 Å². The van der Waals surface area contributed by atoms with Gasteiger partial charge in [-0.1, -0.05) is 13.3 Å². The fourth-order valence-electron chi connectivity index (χ4n) is 1.78. The lowest BCUT2D eigenvalue weighted by Crippen LogP contribution is -2.26. The molecule has 0 bridgehead atoms. The lowest BCUT2D eigenvalue weighted by atomic mass is 10.2. The summed E-state index contributed by atoms with van der Waals surface area (Å²) in [6, 6.07) is 0. The summed E-state index contributed by atoms with van der Waals surface area (Å²) in [6.45, 7) is 3.28. The predicted octanol–water partition coefficient (Wildman–Crippen LogP) is 0.516. The number of nitrogens with zero attached hydrogens (tertiary/aromatic N) is 1. The van der Waals surface area contributed by atoms with E-state index in [4.69, 9.17) is 9.47 Å². The van der Waals surface area contributed by atoms with Crippen LogP contribution in [-0.4, -0.2) is 34.9 Å². The van der Waals surface area contributed by atoms with E-state index in [1.54, 1.807) is 0 Å². The van der Waals surface area contributed by atoms with Crippen LogP contribution in [0.4, 0.5) is 0 Å². The average Bonchev–Trinajstić information content (AvgIpc) is 2.35. The third-order valence-corrected chi connectivity index (χ3v) is 2.63. The SMILES string of the molecule is CCCc1c(O)nc(C2COCCO2)[nH]c1=O. The second-order valence-electron chi connectivity index (χ2n) is 3.94. The number of aromatic nitrogens is 2. The van der Waals surface area contributed by atoms with E-state index in [1.165, 1.54) is 0 Å². The highest BCUT2D eigenvalue weighted by molar-refractivity contribution is 5.23. The Labute approximate surface area is 98.6 Å². The zero-order valence-corrected chi connectivity index (χ0v) is 9.73. The Morgan fingerprint density at radius 1 is 1.53 bits per heavy atom. The average molecular weight is 240 g/mol.